The third kappa shape index (κ3) is 4.05. The predicted molar refractivity (Wildman–Crippen MR) is 84.2 cm³/mol. The topological polar surface area (TPSA) is 24.5 Å². The van der Waals surface area contributed by atoms with Crippen LogP contribution in [-0.4, -0.2) is 43.8 Å². The molecule has 1 N–H and O–H groups in total. The molecule has 0 saturated carbocycles. The molecule has 3 nitrogen and oxygen atoms in total. The van der Waals surface area contributed by atoms with Crippen LogP contribution in [0.5, 0.6) is 0 Å². The summed E-state index contributed by atoms with van der Waals surface area (Å²) < 4.78 is 5.64. The maximum Gasteiger partial charge on any atom is 0.0674 e. The summed E-state index contributed by atoms with van der Waals surface area (Å²) in [5.41, 5.74) is 4.15. The predicted octanol–water partition coefficient (Wildman–Crippen LogP) is 2.67. The molecule has 20 heavy (non-hydrogen) atoms. The van der Waals surface area contributed by atoms with Crippen LogP contribution >= 0.6 is 0 Å². The highest BCUT2D eigenvalue weighted by Crippen LogP contribution is 2.21. The van der Waals surface area contributed by atoms with Gasteiger partial charge in [0.05, 0.1) is 12.7 Å². The molecule has 2 atom stereocenters. The van der Waals surface area contributed by atoms with E-state index < -0.39 is 0 Å². The van der Waals surface area contributed by atoms with Crippen molar-refractivity contribution in [1.29, 1.82) is 0 Å². The smallest absolute Gasteiger partial charge is 0.0674 e. The van der Waals surface area contributed by atoms with Gasteiger partial charge in [0.2, 0.25) is 0 Å². The van der Waals surface area contributed by atoms with Gasteiger partial charge in [0, 0.05) is 25.7 Å². The fraction of sp³-hybridized carbons (Fsp3) is 0.647. The first-order valence-electron chi connectivity index (χ1n) is 7.74. The van der Waals surface area contributed by atoms with Crippen LogP contribution in [0.2, 0.25) is 0 Å². The van der Waals surface area contributed by atoms with Crippen molar-refractivity contribution in [2.45, 2.75) is 39.8 Å². The Labute approximate surface area is 123 Å². The molecule has 0 aliphatic carbocycles. The third-order valence-electron chi connectivity index (χ3n) is 4.03. The van der Waals surface area contributed by atoms with Gasteiger partial charge < -0.3 is 10.1 Å². The van der Waals surface area contributed by atoms with Crippen LogP contribution in [0.25, 0.3) is 0 Å². The monoisotopic (exact) mass is 276 g/mol. The number of morpholine rings is 1. The van der Waals surface area contributed by atoms with E-state index in [0.717, 1.165) is 32.8 Å². The van der Waals surface area contributed by atoms with Gasteiger partial charge in [-0.05, 0) is 38.4 Å². The molecule has 2 unspecified atom stereocenters. The Balaban J connectivity index is 2.11. The summed E-state index contributed by atoms with van der Waals surface area (Å²) in [7, 11) is 0. The minimum Gasteiger partial charge on any atom is -0.376 e. The first-order chi connectivity index (χ1) is 9.60. The molecular weight excluding hydrogens is 248 g/mol. The third-order valence-corrected chi connectivity index (χ3v) is 4.03. The Morgan fingerprint density at radius 3 is 2.90 bits per heavy atom. The second kappa shape index (κ2) is 7.21. The minimum absolute atomic E-state index is 0.352. The normalized spacial score (nSPS) is 21.9. The lowest BCUT2D eigenvalue weighted by Gasteiger charge is -2.34. The van der Waals surface area contributed by atoms with Gasteiger partial charge in [0.15, 0.2) is 0 Å². The van der Waals surface area contributed by atoms with Crippen LogP contribution < -0.4 is 5.32 Å². The molecule has 0 radical (unpaired) electrons. The average Bonchev–Trinajstić information content (AvgIpc) is 2.41. The van der Waals surface area contributed by atoms with E-state index in [1.54, 1.807) is 0 Å². The highest BCUT2D eigenvalue weighted by molar-refractivity contribution is 5.33. The second-order valence-electron chi connectivity index (χ2n) is 5.91. The van der Waals surface area contributed by atoms with Gasteiger partial charge in [0.25, 0.3) is 0 Å². The molecule has 1 aromatic rings. The first kappa shape index (κ1) is 15.5. The van der Waals surface area contributed by atoms with Crippen molar-refractivity contribution in [2.75, 3.05) is 32.8 Å². The summed E-state index contributed by atoms with van der Waals surface area (Å²) >= 11 is 0. The quantitative estimate of drug-likeness (QED) is 0.895. The van der Waals surface area contributed by atoms with Gasteiger partial charge in [-0.1, -0.05) is 30.7 Å². The molecule has 1 aliphatic rings. The zero-order chi connectivity index (χ0) is 14.5. The maximum absolute atomic E-state index is 5.64. The molecule has 112 valence electrons. The van der Waals surface area contributed by atoms with Crippen LogP contribution in [0.3, 0.4) is 0 Å². The van der Waals surface area contributed by atoms with Crippen LogP contribution in [0.1, 0.15) is 36.6 Å². The molecule has 1 aliphatic heterocycles. The number of rotatable bonds is 5. The standard InChI is InChI=1S/C17H28N2O/c1-5-18-17(12-19-8-9-20-15(4)11-19)16-10-13(2)6-7-14(16)3/h6-7,10,15,17-18H,5,8-9,11-12H2,1-4H3. The molecule has 1 saturated heterocycles. The molecule has 1 aromatic carbocycles. The van der Waals surface area contributed by atoms with Crippen molar-refractivity contribution in [3.8, 4) is 0 Å². The lowest BCUT2D eigenvalue weighted by atomic mass is 9.98. The maximum atomic E-state index is 5.64. The fourth-order valence-corrected chi connectivity index (χ4v) is 2.97. The van der Waals surface area contributed by atoms with E-state index in [4.69, 9.17) is 4.74 Å². The zero-order valence-electron chi connectivity index (χ0n) is 13.3. The molecule has 0 bridgehead atoms. The van der Waals surface area contributed by atoms with E-state index in [1.807, 2.05) is 0 Å². The zero-order valence-corrected chi connectivity index (χ0v) is 13.3. The van der Waals surface area contributed by atoms with E-state index in [9.17, 15) is 0 Å². The van der Waals surface area contributed by atoms with Gasteiger partial charge in [-0.25, -0.2) is 0 Å². The summed E-state index contributed by atoms with van der Waals surface area (Å²) in [6, 6.07) is 7.16. The number of nitrogens with zero attached hydrogens (tertiary/aromatic N) is 1. The number of aryl methyl sites for hydroxylation is 2. The number of nitrogens with one attached hydrogen (secondary N) is 1. The van der Waals surface area contributed by atoms with Crippen LogP contribution in [-0.2, 0) is 4.74 Å². The molecule has 1 fully saturated rings. The number of benzene rings is 1. The van der Waals surface area contributed by atoms with Crippen LogP contribution in [0.4, 0.5) is 0 Å². The SMILES string of the molecule is CCNC(CN1CCOC(C)C1)c1cc(C)ccc1C. The fourth-order valence-electron chi connectivity index (χ4n) is 2.97. The van der Waals surface area contributed by atoms with Crippen LogP contribution in [0.15, 0.2) is 18.2 Å². The average molecular weight is 276 g/mol. The molecule has 1 heterocycles. The lowest BCUT2D eigenvalue weighted by molar-refractivity contribution is -0.0210. The Bertz CT molecular complexity index is 433. The van der Waals surface area contributed by atoms with Crippen molar-refractivity contribution >= 4 is 0 Å². The Hall–Kier alpha value is -0.900. The molecule has 3 heteroatoms. The van der Waals surface area contributed by atoms with Crippen molar-refractivity contribution in [1.82, 2.24) is 10.2 Å². The summed E-state index contributed by atoms with van der Waals surface area (Å²) in [5, 5.41) is 3.65. The lowest BCUT2D eigenvalue weighted by Crippen LogP contribution is -2.45. The van der Waals surface area contributed by atoms with Crippen molar-refractivity contribution in [3.63, 3.8) is 0 Å². The number of hydrogen-bond acceptors (Lipinski definition) is 3. The van der Waals surface area contributed by atoms with E-state index in [2.05, 4.69) is 56.1 Å². The molecule has 0 spiro atoms. The molecule has 0 aromatic heterocycles. The highest BCUT2D eigenvalue weighted by atomic mass is 16.5. The Morgan fingerprint density at radius 2 is 2.20 bits per heavy atom. The number of likely N-dealkylation sites (N-methyl/N-ethyl adjacent to an activating group) is 1. The van der Waals surface area contributed by atoms with Crippen LogP contribution in [0, 0.1) is 13.8 Å². The van der Waals surface area contributed by atoms with E-state index in [1.165, 1.54) is 16.7 Å². The largest absolute Gasteiger partial charge is 0.376 e. The molecular formula is C17H28N2O. The number of hydrogen-bond donors (Lipinski definition) is 1. The van der Waals surface area contributed by atoms with Crippen molar-refractivity contribution in [2.24, 2.45) is 0 Å². The second-order valence-corrected chi connectivity index (χ2v) is 5.91. The minimum atomic E-state index is 0.352. The summed E-state index contributed by atoms with van der Waals surface area (Å²) in [4.78, 5) is 2.52. The first-order valence-corrected chi connectivity index (χ1v) is 7.74. The summed E-state index contributed by atoms with van der Waals surface area (Å²) in [6.45, 7) is 13.7. The Morgan fingerprint density at radius 1 is 1.40 bits per heavy atom. The van der Waals surface area contributed by atoms with Gasteiger partial charge in [-0.15, -0.1) is 0 Å². The van der Waals surface area contributed by atoms with Crippen molar-refractivity contribution < 1.29 is 4.74 Å². The molecule has 0 amide bonds. The van der Waals surface area contributed by atoms with E-state index in [0.29, 0.717) is 12.1 Å². The summed E-state index contributed by atoms with van der Waals surface area (Å²) in [6.07, 6.45) is 0.352. The summed E-state index contributed by atoms with van der Waals surface area (Å²) in [5.74, 6) is 0. The number of ether oxygens (including phenoxy) is 1. The van der Waals surface area contributed by atoms with Gasteiger partial charge in [-0.2, -0.15) is 0 Å². The van der Waals surface area contributed by atoms with E-state index >= 15 is 0 Å². The van der Waals surface area contributed by atoms with Gasteiger partial charge in [0.1, 0.15) is 0 Å². The van der Waals surface area contributed by atoms with Gasteiger partial charge in [-0.3, -0.25) is 4.90 Å². The van der Waals surface area contributed by atoms with Crippen molar-refractivity contribution in [3.05, 3.63) is 34.9 Å². The van der Waals surface area contributed by atoms with Gasteiger partial charge >= 0.3 is 0 Å². The Kier molecular flexibility index (Phi) is 5.58. The molecule has 2 rings (SSSR count). The highest BCUT2D eigenvalue weighted by Gasteiger charge is 2.21. The van der Waals surface area contributed by atoms with E-state index in [-0.39, 0.29) is 0 Å².